The van der Waals surface area contributed by atoms with Crippen molar-refractivity contribution in [1.29, 1.82) is 0 Å². The van der Waals surface area contributed by atoms with Crippen molar-refractivity contribution in [3.8, 4) is 5.75 Å². The first-order chi connectivity index (χ1) is 8.06. The van der Waals surface area contributed by atoms with Crippen LogP contribution in [0.25, 0.3) is 0 Å². The van der Waals surface area contributed by atoms with Gasteiger partial charge in [0.15, 0.2) is 0 Å². The van der Waals surface area contributed by atoms with Gasteiger partial charge < -0.3 is 5.11 Å². The van der Waals surface area contributed by atoms with Crippen molar-refractivity contribution in [3.63, 3.8) is 0 Å². The SMILES string of the molecule is Cc1ccc(Cc2ccc(Cl)cc2Cl)c(O)c1. The van der Waals surface area contributed by atoms with E-state index in [1.807, 2.05) is 25.1 Å². The van der Waals surface area contributed by atoms with E-state index in [-0.39, 0.29) is 0 Å². The van der Waals surface area contributed by atoms with E-state index in [9.17, 15) is 5.11 Å². The number of aryl methyl sites for hydroxylation is 1. The molecule has 2 rings (SSSR count). The molecule has 0 atom stereocenters. The fraction of sp³-hybridized carbons (Fsp3) is 0.143. The molecule has 88 valence electrons. The largest absolute Gasteiger partial charge is 0.508 e. The molecule has 3 heteroatoms. The number of hydrogen-bond donors (Lipinski definition) is 1. The zero-order chi connectivity index (χ0) is 12.4. The minimum Gasteiger partial charge on any atom is -0.508 e. The van der Waals surface area contributed by atoms with Gasteiger partial charge in [0.2, 0.25) is 0 Å². The lowest BCUT2D eigenvalue weighted by Crippen LogP contribution is -1.90. The molecule has 0 bridgehead atoms. The van der Waals surface area contributed by atoms with Gasteiger partial charge in [0.25, 0.3) is 0 Å². The van der Waals surface area contributed by atoms with Gasteiger partial charge in [0, 0.05) is 16.5 Å². The molecule has 0 aromatic heterocycles. The molecule has 0 amide bonds. The van der Waals surface area contributed by atoms with Crippen LogP contribution >= 0.6 is 23.2 Å². The standard InChI is InChI=1S/C14H12Cl2O/c1-9-2-3-11(14(17)6-9)7-10-4-5-12(15)8-13(10)16/h2-6,8,17H,7H2,1H3. The van der Waals surface area contributed by atoms with Crippen molar-refractivity contribution in [2.45, 2.75) is 13.3 Å². The van der Waals surface area contributed by atoms with Crippen molar-refractivity contribution in [3.05, 3.63) is 63.1 Å². The minimum absolute atomic E-state index is 0.302. The molecule has 2 aromatic carbocycles. The Bertz CT molecular complexity index is 500. The number of aromatic hydroxyl groups is 1. The summed E-state index contributed by atoms with van der Waals surface area (Å²) in [4.78, 5) is 0. The van der Waals surface area contributed by atoms with Gasteiger partial charge >= 0.3 is 0 Å². The first kappa shape index (κ1) is 12.3. The molecule has 0 aliphatic rings. The van der Waals surface area contributed by atoms with Gasteiger partial charge in [-0.2, -0.15) is 0 Å². The van der Waals surface area contributed by atoms with E-state index in [0.29, 0.717) is 22.2 Å². The Morgan fingerprint density at radius 3 is 2.35 bits per heavy atom. The summed E-state index contributed by atoms with van der Waals surface area (Å²) in [6.07, 6.45) is 0.599. The van der Waals surface area contributed by atoms with E-state index in [0.717, 1.165) is 16.7 Å². The molecule has 0 spiro atoms. The number of hydrogen-bond acceptors (Lipinski definition) is 1. The highest BCUT2D eigenvalue weighted by Crippen LogP contribution is 2.27. The van der Waals surface area contributed by atoms with E-state index < -0.39 is 0 Å². The van der Waals surface area contributed by atoms with E-state index in [1.54, 1.807) is 18.2 Å². The summed E-state index contributed by atoms with van der Waals surface area (Å²) in [5.41, 5.74) is 2.85. The Kier molecular flexibility index (Phi) is 3.60. The molecule has 0 aliphatic carbocycles. The number of phenolic OH excluding ortho intramolecular Hbond substituents is 1. The fourth-order valence-electron chi connectivity index (χ4n) is 1.69. The van der Waals surface area contributed by atoms with Gasteiger partial charge in [-0.05, 0) is 41.8 Å². The third-order valence-electron chi connectivity index (χ3n) is 2.64. The Hall–Kier alpha value is -1.18. The average Bonchev–Trinajstić information content (AvgIpc) is 2.25. The van der Waals surface area contributed by atoms with Gasteiger partial charge in [0.05, 0.1) is 0 Å². The zero-order valence-corrected chi connectivity index (χ0v) is 10.9. The third kappa shape index (κ3) is 2.93. The van der Waals surface area contributed by atoms with Crippen molar-refractivity contribution in [2.75, 3.05) is 0 Å². The first-order valence-corrected chi connectivity index (χ1v) is 6.04. The number of phenols is 1. The number of halogens is 2. The Morgan fingerprint density at radius 2 is 1.71 bits per heavy atom. The van der Waals surface area contributed by atoms with E-state index >= 15 is 0 Å². The molecule has 1 nitrogen and oxygen atoms in total. The van der Waals surface area contributed by atoms with E-state index in [2.05, 4.69) is 0 Å². The highest BCUT2D eigenvalue weighted by molar-refractivity contribution is 6.35. The lowest BCUT2D eigenvalue weighted by Gasteiger charge is -2.07. The maximum atomic E-state index is 9.83. The number of benzene rings is 2. The maximum absolute atomic E-state index is 9.83. The van der Waals surface area contributed by atoms with Crippen LogP contribution < -0.4 is 0 Å². The molecule has 0 heterocycles. The highest BCUT2D eigenvalue weighted by Gasteiger charge is 2.06. The summed E-state index contributed by atoms with van der Waals surface area (Å²) in [5, 5.41) is 11.1. The van der Waals surface area contributed by atoms with Crippen molar-refractivity contribution < 1.29 is 5.11 Å². The molecule has 2 aromatic rings. The van der Waals surface area contributed by atoms with Gasteiger partial charge in [-0.15, -0.1) is 0 Å². The Morgan fingerprint density at radius 1 is 1.00 bits per heavy atom. The van der Waals surface area contributed by atoms with Crippen LogP contribution in [0.15, 0.2) is 36.4 Å². The normalized spacial score (nSPS) is 10.5. The van der Waals surface area contributed by atoms with Gasteiger partial charge in [0.1, 0.15) is 5.75 Å². The molecular weight excluding hydrogens is 255 g/mol. The molecule has 0 radical (unpaired) electrons. The van der Waals surface area contributed by atoms with Crippen LogP contribution in [0.3, 0.4) is 0 Å². The third-order valence-corrected chi connectivity index (χ3v) is 3.22. The van der Waals surface area contributed by atoms with Crippen LogP contribution in [0.4, 0.5) is 0 Å². The second-order valence-corrected chi connectivity index (χ2v) is 4.89. The first-order valence-electron chi connectivity index (χ1n) is 5.28. The monoisotopic (exact) mass is 266 g/mol. The summed E-state index contributed by atoms with van der Waals surface area (Å²) >= 11 is 11.9. The molecule has 0 saturated carbocycles. The topological polar surface area (TPSA) is 20.2 Å². The predicted octanol–water partition coefficient (Wildman–Crippen LogP) is 4.60. The fourth-order valence-corrected chi connectivity index (χ4v) is 2.17. The van der Waals surface area contributed by atoms with Gasteiger partial charge in [-0.25, -0.2) is 0 Å². The molecular formula is C14H12Cl2O. The van der Waals surface area contributed by atoms with Gasteiger partial charge in [-0.1, -0.05) is 41.4 Å². The molecule has 0 aliphatic heterocycles. The highest BCUT2D eigenvalue weighted by atomic mass is 35.5. The summed E-state index contributed by atoms with van der Waals surface area (Å²) in [6, 6.07) is 11.0. The minimum atomic E-state index is 0.302. The van der Waals surface area contributed by atoms with Crippen LogP contribution in [0, 0.1) is 6.92 Å². The Balaban J connectivity index is 2.31. The second-order valence-electron chi connectivity index (χ2n) is 4.04. The van der Waals surface area contributed by atoms with Crippen LogP contribution in [0.1, 0.15) is 16.7 Å². The summed E-state index contributed by atoms with van der Waals surface area (Å²) < 4.78 is 0. The van der Waals surface area contributed by atoms with E-state index in [4.69, 9.17) is 23.2 Å². The lowest BCUT2D eigenvalue weighted by atomic mass is 10.0. The van der Waals surface area contributed by atoms with Crippen molar-refractivity contribution >= 4 is 23.2 Å². The molecule has 1 N–H and O–H groups in total. The number of rotatable bonds is 2. The smallest absolute Gasteiger partial charge is 0.119 e. The van der Waals surface area contributed by atoms with Gasteiger partial charge in [-0.3, -0.25) is 0 Å². The van der Waals surface area contributed by atoms with Crippen molar-refractivity contribution in [2.24, 2.45) is 0 Å². The van der Waals surface area contributed by atoms with Crippen LogP contribution in [-0.2, 0) is 6.42 Å². The molecule has 17 heavy (non-hydrogen) atoms. The summed E-state index contributed by atoms with van der Waals surface area (Å²) in [7, 11) is 0. The van der Waals surface area contributed by atoms with E-state index in [1.165, 1.54) is 0 Å². The second kappa shape index (κ2) is 4.99. The van der Waals surface area contributed by atoms with Crippen LogP contribution in [0.2, 0.25) is 10.0 Å². The molecule has 0 unspecified atom stereocenters. The summed E-state index contributed by atoms with van der Waals surface area (Å²) in [5.74, 6) is 0.302. The maximum Gasteiger partial charge on any atom is 0.119 e. The average molecular weight is 267 g/mol. The van der Waals surface area contributed by atoms with Crippen molar-refractivity contribution in [1.82, 2.24) is 0 Å². The quantitative estimate of drug-likeness (QED) is 0.843. The predicted molar refractivity (Wildman–Crippen MR) is 72.1 cm³/mol. The van der Waals surface area contributed by atoms with Crippen LogP contribution in [0.5, 0.6) is 5.75 Å². The molecule has 0 fully saturated rings. The summed E-state index contributed by atoms with van der Waals surface area (Å²) in [6.45, 7) is 1.94. The zero-order valence-electron chi connectivity index (χ0n) is 9.37. The Labute approximate surface area is 111 Å². The lowest BCUT2D eigenvalue weighted by molar-refractivity contribution is 0.469. The van der Waals surface area contributed by atoms with Crippen LogP contribution in [-0.4, -0.2) is 5.11 Å². The molecule has 0 saturated heterocycles.